The molecular weight excluding hydrogens is 194 g/mol. The summed E-state index contributed by atoms with van der Waals surface area (Å²) in [5.74, 6) is 0.543. The van der Waals surface area contributed by atoms with E-state index in [1.54, 1.807) is 24.6 Å². The number of aromatic amines is 1. The van der Waals surface area contributed by atoms with E-state index in [9.17, 15) is 4.79 Å². The fourth-order valence-electron chi connectivity index (χ4n) is 1.25. The molecule has 2 aromatic heterocycles. The zero-order chi connectivity index (χ0) is 10.7. The minimum atomic E-state index is -0.179. The van der Waals surface area contributed by atoms with E-state index >= 15 is 0 Å². The number of amides is 1. The lowest BCUT2D eigenvalue weighted by Crippen LogP contribution is -2.23. The second kappa shape index (κ2) is 4.00. The van der Waals surface area contributed by atoms with Gasteiger partial charge in [-0.3, -0.25) is 9.89 Å². The highest BCUT2D eigenvalue weighted by atomic mass is 16.3. The van der Waals surface area contributed by atoms with Gasteiger partial charge in [0.05, 0.1) is 19.0 Å². The van der Waals surface area contributed by atoms with Gasteiger partial charge in [0.1, 0.15) is 11.5 Å². The molecule has 78 valence electrons. The maximum Gasteiger partial charge on any atom is 0.269 e. The summed E-state index contributed by atoms with van der Waals surface area (Å²) in [7, 11) is 0. The Morgan fingerprint density at radius 3 is 3.13 bits per heavy atom. The molecule has 5 heteroatoms. The van der Waals surface area contributed by atoms with Crippen LogP contribution in [0.1, 0.15) is 21.8 Å². The third-order valence-electron chi connectivity index (χ3n) is 2.06. The average molecular weight is 205 g/mol. The van der Waals surface area contributed by atoms with Gasteiger partial charge in [-0.1, -0.05) is 0 Å². The van der Waals surface area contributed by atoms with E-state index in [0.29, 0.717) is 12.2 Å². The Kier molecular flexibility index (Phi) is 2.53. The van der Waals surface area contributed by atoms with E-state index in [1.807, 2.05) is 6.92 Å². The predicted molar refractivity (Wildman–Crippen MR) is 53.2 cm³/mol. The van der Waals surface area contributed by atoms with Crippen LogP contribution >= 0.6 is 0 Å². The Hall–Kier alpha value is -2.04. The topological polar surface area (TPSA) is 70.9 Å². The van der Waals surface area contributed by atoms with Gasteiger partial charge in [0.25, 0.3) is 5.91 Å². The van der Waals surface area contributed by atoms with Gasteiger partial charge in [0.2, 0.25) is 0 Å². The van der Waals surface area contributed by atoms with Crippen molar-refractivity contribution in [1.82, 2.24) is 15.5 Å². The molecule has 2 rings (SSSR count). The molecule has 0 spiro atoms. The van der Waals surface area contributed by atoms with Crippen molar-refractivity contribution >= 4 is 5.91 Å². The summed E-state index contributed by atoms with van der Waals surface area (Å²) in [6.07, 6.45) is 3.19. The molecule has 0 saturated heterocycles. The van der Waals surface area contributed by atoms with Crippen LogP contribution in [0.25, 0.3) is 0 Å². The molecule has 0 fully saturated rings. The van der Waals surface area contributed by atoms with Crippen molar-refractivity contribution < 1.29 is 9.21 Å². The van der Waals surface area contributed by atoms with Crippen LogP contribution in [0.4, 0.5) is 0 Å². The molecule has 1 amide bonds. The molecule has 0 bridgehead atoms. The van der Waals surface area contributed by atoms with E-state index < -0.39 is 0 Å². The number of H-pyrrole nitrogens is 1. The lowest BCUT2D eigenvalue weighted by atomic mass is 10.2. The summed E-state index contributed by atoms with van der Waals surface area (Å²) in [6.45, 7) is 2.20. The average Bonchev–Trinajstić information content (AvgIpc) is 2.84. The molecule has 0 atom stereocenters. The van der Waals surface area contributed by atoms with Crippen molar-refractivity contribution in [2.45, 2.75) is 13.5 Å². The molecule has 2 N–H and O–H groups in total. The molecule has 2 heterocycles. The van der Waals surface area contributed by atoms with Crippen LogP contribution in [0, 0.1) is 6.92 Å². The Bertz CT molecular complexity index is 445. The van der Waals surface area contributed by atoms with E-state index in [0.717, 1.165) is 11.3 Å². The molecule has 0 radical (unpaired) electrons. The summed E-state index contributed by atoms with van der Waals surface area (Å²) >= 11 is 0. The largest absolute Gasteiger partial charge is 0.467 e. The van der Waals surface area contributed by atoms with Crippen molar-refractivity contribution in [3.8, 4) is 0 Å². The van der Waals surface area contributed by atoms with E-state index in [1.165, 1.54) is 0 Å². The number of carbonyl (C=O) groups excluding carboxylic acids is 1. The van der Waals surface area contributed by atoms with Crippen molar-refractivity contribution in [1.29, 1.82) is 0 Å². The maximum absolute atomic E-state index is 11.6. The normalized spacial score (nSPS) is 10.2. The summed E-state index contributed by atoms with van der Waals surface area (Å²) in [5, 5.41) is 9.15. The van der Waals surface area contributed by atoms with E-state index in [4.69, 9.17) is 4.42 Å². The second-order valence-electron chi connectivity index (χ2n) is 3.19. The summed E-state index contributed by atoms with van der Waals surface area (Å²) in [6, 6.07) is 3.59. The summed E-state index contributed by atoms with van der Waals surface area (Å²) in [5.41, 5.74) is 1.31. The highest BCUT2D eigenvalue weighted by Crippen LogP contribution is 2.03. The lowest BCUT2D eigenvalue weighted by Gasteiger charge is -2.01. The molecule has 2 aromatic rings. The Labute approximate surface area is 86.5 Å². The number of aryl methyl sites for hydroxylation is 1. The van der Waals surface area contributed by atoms with Crippen LogP contribution in [0.15, 0.2) is 29.0 Å². The zero-order valence-electron chi connectivity index (χ0n) is 8.28. The van der Waals surface area contributed by atoms with Crippen LogP contribution in [-0.2, 0) is 6.54 Å². The first-order valence-electron chi connectivity index (χ1n) is 4.58. The first kappa shape index (κ1) is 9.51. The number of rotatable bonds is 3. The molecule has 0 aliphatic carbocycles. The van der Waals surface area contributed by atoms with Gasteiger partial charge in [-0.15, -0.1) is 0 Å². The van der Waals surface area contributed by atoms with Gasteiger partial charge in [-0.05, 0) is 24.6 Å². The van der Waals surface area contributed by atoms with Gasteiger partial charge in [-0.25, -0.2) is 0 Å². The minimum absolute atomic E-state index is 0.179. The number of aromatic nitrogens is 2. The maximum atomic E-state index is 11.6. The predicted octanol–water partition coefficient (Wildman–Crippen LogP) is 1.24. The standard InChI is InChI=1S/C10H11N3O2/c1-7-5-12-13-9(7)10(14)11-6-8-3-2-4-15-8/h2-5H,6H2,1H3,(H,11,14)(H,12,13). The number of furan rings is 1. The Balaban J connectivity index is 1.96. The number of nitrogens with one attached hydrogen (secondary N) is 2. The number of nitrogens with zero attached hydrogens (tertiary/aromatic N) is 1. The number of carbonyl (C=O) groups is 1. The molecular formula is C10H11N3O2. The third-order valence-corrected chi connectivity index (χ3v) is 2.06. The Morgan fingerprint density at radius 1 is 1.67 bits per heavy atom. The molecule has 0 aliphatic rings. The number of hydrogen-bond donors (Lipinski definition) is 2. The smallest absolute Gasteiger partial charge is 0.269 e. The van der Waals surface area contributed by atoms with Gasteiger partial charge in [0, 0.05) is 0 Å². The quantitative estimate of drug-likeness (QED) is 0.791. The van der Waals surface area contributed by atoms with Gasteiger partial charge in [-0.2, -0.15) is 5.10 Å². The van der Waals surface area contributed by atoms with Crippen LogP contribution < -0.4 is 5.32 Å². The molecule has 0 unspecified atom stereocenters. The van der Waals surface area contributed by atoms with E-state index in [-0.39, 0.29) is 5.91 Å². The molecule has 15 heavy (non-hydrogen) atoms. The van der Waals surface area contributed by atoms with E-state index in [2.05, 4.69) is 15.5 Å². The zero-order valence-corrected chi connectivity index (χ0v) is 8.28. The lowest BCUT2D eigenvalue weighted by molar-refractivity contribution is 0.0942. The highest BCUT2D eigenvalue weighted by molar-refractivity contribution is 5.93. The molecule has 0 aromatic carbocycles. The van der Waals surface area contributed by atoms with Gasteiger partial charge in [0.15, 0.2) is 0 Å². The first-order valence-corrected chi connectivity index (χ1v) is 4.58. The van der Waals surface area contributed by atoms with Crippen LogP contribution in [-0.4, -0.2) is 16.1 Å². The summed E-state index contributed by atoms with van der Waals surface area (Å²) in [4.78, 5) is 11.6. The first-order chi connectivity index (χ1) is 7.27. The van der Waals surface area contributed by atoms with Crippen molar-refractivity contribution in [2.24, 2.45) is 0 Å². The van der Waals surface area contributed by atoms with Gasteiger partial charge >= 0.3 is 0 Å². The minimum Gasteiger partial charge on any atom is -0.467 e. The van der Waals surface area contributed by atoms with Crippen LogP contribution in [0.5, 0.6) is 0 Å². The molecule has 5 nitrogen and oxygen atoms in total. The van der Waals surface area contributed by atoms with Crippen LogP contribution in [0.3, 0.4) is 0 Å². The second-order valence-corrected chi connectivity index (χ2v) is 3.19. The summed E-state index contributed by atoms with van der Waals surface area (Å²) < 4.78 is 5.09. The monoisotopic (exact) mass is 205 g/mol. The van der Waals surface area contributed by atoms with Gasteiger partial charge < -0.3 is 9.73 Å². The fourth-order valence-corrected chi connectivity index (χ4v) is 1.25. The molecule has 0 saturated carbocycles. The number of hydrogen-bond acceptors (Lipinski definition) is 3. The van der Waals surface area contributed by atoms with Crippen molar-refractivity contribution in [3.05, 3.63) is 41.6 Å². The fraction of sp³-hybridized carbons (Fsp3) is 0.200. The third kappa shape index (κ3) is 2.07. The van der Waals surface area contributed by atoms with Crippen molar-refractivity contribution in [2.75, 3.05) is 0 Å². The van der Waals surface area contributed by atoms with Crippen LogP contribution in [0.2, 0.25) is 0 Å². The Morgan fingerprint density at radius 2 is 2.53 bits per heavy atom. The molecule has 0 aliphatic heterocycles. The highest BCUT2D eigenvalue weighted by Gasteiger charge is 2.10. The SMILES string of the molecule is Cc1cn[nH]c1C(=O)NCc1ccco1. The van der Waals surface area contributed by atoms with Crippen molar-refractivity contribution in [3.63, 3.8) is 0 Å².